The summed E-state index contributed by atoms with van der Waals surface area (Å²) in [5.74, 6) is 0. The molecule has 0 heterocycles. The Morgan fingerprint density at radius 2 is 1.78 bits per heavy atom. The predicted molar refractivity (Wildman–Crippen MR) is 76.3 cm³/mol. The van der Waals surface area contributed by atoms with Crippen LogP contribution in [0.5, 0.6) is 0 Å². The third-order valence-corrected chi connectivity index (χ3v) is 3.73. The molecule has 0 saturated heterocycles. The molecule has 94 valence electrons. The second-order valence-corrected chi connectivity index (χ2v) is 5.13. The number of aliphatic hydroxyl groups excluding tert-OH is 1. The number of aliphatic hydroxyl groups is 1. The highest BCUT2D eigenvalue weighted by Crippen LogP contribution is 2.25. The Bertz CT molecular complexity index is 552. The third-order valence-electron chi connectivity index (χ3n) is 2.94. The second-order valence-electron chi connectivity index (χ2n) is 4.32. The summed E-state index contributed by atoms with van der Waals surface area (Å²) in [6, 6.07) is 13.1. The first kappa shape index (κ1) is 13.4. The fourth-order valence-corrected chi connectivity index (χ4v) is 2.20. The summed E-state index contributed by atoms with van der Waals surface area (Å²) in [4.78, 5) is 0. The van der Waals surface area contributed by atoms with E-state index in [4.69, 9.17) is 23.2 Å². The SMILES string of the molecule is Cc1cc(C(O)Cc2ccccc2Cl)ccc1Cl. The summed E-state index contributed by atoms with van der Waals surface area (Å²) >= 11 is 12.0. The van der Waals surface area contributed by atoms with Crippen LogP contribution in [-0.2, 0) is 6.42 Å². The van der Waals surface area contributed by atoms with Crippen molar-refractivity contribution in [1.82, 2.24) is 0 Å². The lowest BCUT2D eigenvalue weighted by atomic mass is 10.00. The molecular weight excluding hydrogens is 267 g/mol. The summed E-state index contributed by atoms with van der Waals surface area (Å²) < 4.78 is 0. The molecule has 0 radical (unpaired) electrons. The minimum atomic E-state index is -0.569. The second kappa shape index (κ2) is 5.75. The standard InChI is InChI=1S/C15H14Cl2O/c1-10-8-12(6-7-13(10)16)15(18)9-11-4-2-3-5-14(11)17/h2-8,15,18H,9H2,1H3. The lowest BCUT2D eigenvalue weighted by molar-refractivity contribution is 0.178. The predicted octanol–water partition coefficient (Wildman–Crippen LogP) is 4.58. The van der Waals surface area contributed by atoms with Crippen LogP contribution < -0.4 is 0 Å². The summed E-state index contributed by atoms with van der Waals surface area (Å²) in [6.45, 7) is 1.92. The Kier molecular flexibility index (Phi) is 4.28. The zero-order valence-corrected chi connectivity index (χ0v) is 11.5. The first-order valence-corrected chi connectivity index (χ1v) is 6.51. The van der Waals surface area contributed by atoms with E-state index in [0.29, 0.717) is 16.5 Å². The van der Waals surface area contributed by atoms with Gasteiger partial charge in [-0.05, 0) is 35.7 Å². The van der Waals surface area contributed by atoms with E-state index < -0.39 is 6.10 Å². The largest absolute Gasteiger partial charge is 0.388 e. The van der Waals surface area contributed by atoms with Gasteiger partial charge in [0.1, 0.15) is 0 Å². The highest BCUT2D eigenvalue weighted by Gasteiger charge is 2.11. The van der Waals surface area contributed by atoms with E-state index in [1.165, 1.54) is 0 Å². The molecule has 0 spiro atoms. The molecule has 0 aromatic heterocycles. The molecule has 1 N–H and O–H groups in total. The molecule has 3 heteroatoms. The van der Waals surface area contributed by atoms with Crippen molar-refractivity contribution in [2.45, 2.75) is 19.4 Å². The van der Waals surface area contributed by atoms with E-state index in [9.17, 15) is 5.11 Å². The molecule has 0 aliphatic rings. The minimum Gasteiger partial charge on any atom is -0.388 e. The van der Waals surface area contributed by atoms with Gasteiger partial charge >= 0.3 is 0 Å². The van der Waals surface area contributed by atoms with Gasteiger partial charge in [0.25, 0.3) is 0 Å². The minimum absolute atomic E-state index is 0.501. The maximum Gasteiger partial charge on any atom is 0.0831 e. The van der Waals surface area contributed by atoms with Gasteiger partial charge in [-0.2, -0.15) is 0 Å². The van der Waals surface area contributed by atoms with Gasteiger partial charge in [-0.3, -0.25) is 0 Å². The maximum atomic E-state index is 10.2. The van der Waals surface area contributed by atoms with E-state index in [2.05, 4.69) is 0 Å². The smallest absolute Gasteiger partial charge is 0.0831 e. The van der Waals surface area contributed by atoms with Gasteiger partial charge in [0, 0.05) is 16.5 Å². The van der Waals surface area contributed by atoms with Gasteiger partial charge in [0.05, 0.1) is 6.10 Å². The lowest BCUT2D eigenvalue weighted by Gasteiger charge is -2.13. The van der Waals surface area contributed by atoms with Crippen molar-refractivity contribution < 1.29 is 5.11 Å². The molecule has 0 fully saturated rings. The molecule has 0 bridgehead atoms. The van der Waals surface area contributed by atoms with Crippen LogP contribution in [0.1, 0.15) is 22.8 Å². The Morgan fingerprint density at radius 1 is 1.06 bits per heavy atom. The Balaban J connectivity index is 2.19. The van der Waals surface area contributed by atoms with Crippen molar-refractivity contribution in [3.05, 3.63) is 69.2 Å². The molecule has 0 aliphatic carbocycles. The molecule has 1 unspecified atom stereocenters. The number of hydrogen-bond donors (Lipinski definition) is 1. The Morgan fingerprint density at radius 3 is 2.44 bits per heavy atom. The molecule has 0 aliphatic heterocycles. The lowest BCUT2D eigenvalue weighted by Crippen LogP contribution is -2.02. The van der Waals surface area contributed by atoms with Gasteiger partial charge in [-0.15, -0.1) is 0 Å². The summed E-state index contributed by atoms with van der Waals surface area (Å²) in [7, 11) is 0. The zero-order chi connectivity index (χ0) is 13.1. The van der Waals surface area contributed by atoms with Crippen LogP contribution in [0.4, 0.5) is 0 Å². The fourth-order valence-electron chi connectivity index (χ4n) is 1.87. The number of benzene rings is 2. The average molecular weight is 281 g/mol. The highest BCUT2D eigenvalue weighted by molar-refractivity contribution is 6.31. The van der Waals surface area contributed by atoms with Crippen molar-refractivity contribution >= 4 is 23.2 Å². The molecule has 2 aromatic rings. The quantitative estimate of drug-likeness (QED) is 0.873. The monoisotopic (exact) mass is 280 g/mol. The van der Waals surface area contributed by atoms with E-state index in [0.717, 1.165) is 16.7 Å². The molecule has 1 atom stereocenters. The van der Waals surface area contributed by atoms with Gasteiger partial charge in [-0.25, -0.2) is 0 Å². The molecule has 2 aromatic carbocycles. The third kappa shape index (κ3) is 3.05. The molecule has 0 saturated carbocycles. The van der Waals surface area contributed by atoms with Crippen LogP contribution in [-0.4, -0.2) is 5.11 Å². The van der Waals surface area contributed by atoms with E-state index in [1.807, 2.05) is 49.4 Å². The number of aryl methyl sites for hydroxylation is 1. The van der Waals surface area contributed by atoms with Gasteiger partial charge in [0.2, 0.25) is 0 Å². The van der Waals surface area contributed by atoms with Gasteiger partial charge in [-0.1, -0.05) is 53.5 Å². The van der Waals surface area contributed by atoms with Crippen molar-refractivity contribution in [2.24, 2.45) is 0 Å². The van der Waals surface area contributed by atoms with E-state index >= 15 is 0 Å². The van der Waals surface area contributed by atoms with E-state index in [1.54, 1.807) is 0 Å². The van der Waals surface area contributed by atoms with Crippen LogP contribution >= 0.6 is 23.2 Å². The van der Waals surface area contributed by atoms with Crippen molar-refractivity contribution in [3.63, 3.8) is 0 Å². The highest BCUT2D eigenvalue weighted by atomic mass is 35.5. The van der Waals surface area contributed by atoms with Gasteiger partial charge in [0.15, 0.2) is 0 Å². The van der Waals surface area contributed by atoms with E-state index in [-0.39, 0.29) is 0 Å². The fraction of sp³-hybridized carbons (Fsp3) is 0.200. The molecule has 1 nitrogen and oxygen atoms in total. The number of halogens is 2. The van der Waals surface area contributed by atoms with Crippen LogP contribution in [0, 0.1) is 6.92 Å². The van der Waals surface area contributed by atoms with Crippen molar-refractivity contribution in [3.8, 4) is 0 Å². The van der Waals surface area contributed by atoms with Crippen LogP contribution in [0.15, 0.2) is 42.5 Å². The molecule has 2 rings (SSSR count). The van der Waals surface area contributed by atoms with Gasteiger partial charge < -0.3 is 5.11 Å². The normalized spacial score (nSPS) is 12.4. The average Bonchev–Trinajstić information content (AvgIpc) is 2.35. The maximum absolute atomic E-state index is 10.2. The molecular formula is C15H14Cl2O. The van der Waals surface area contributed by atoms with Crippen molar-refractivity contribution in [2.75, 3.05) is 0 Å². The number of hydrogen-bond acceptors (Lipinski definition) is 1. The zero-order valence-electron chi connectivity index (χ0n) is 10.0. The number of rotatable bonds is 3. The summed E-state index contributed by atoms with van der Waals surface area (Å²) in [5.41, 5.74) is 2.77. The van der Waals surface area contributed by atoms with Crippen molar-refractivity contribution in [1.29, 1.82) is 0 Å². The van der Waals surface area contributed by atoms with Crippen LogP contribution in [0.2, 0.25) is 10.0 Å². The Labute approximate surface area is 117 Å². The summed E-state index contributed by atoms with van der Waals surface area (Å²) in [5, 5.41) is 11.6. The summed E-state index contributed by atoms with van der Waals surface area (Å²) in [6.07, 6.45) is -0.0679. The van der Waals surface area contributed by atoms with Crippen LogP contribution in [0.25, 0.3) is 0 Å². The molecule has 18 heavy (non-hydrogen) atoms. The topological polar surface area (TPSA) is 20.2 Å². The first-order valence-electron chi connectivity index (χ1n) is 5.75. The molecule has 0 amide bonds. The van der Waals surface area contributed by atoms with Crippen LogP contribution in [0.3, 0.4) is 0 Å². The Hall–Kier alpha value is -1.02. The first-order chi connectivity index (χ1) is 8.58.